The number of piperidine rings is 1. The van der Waals surface area contributed by atoms with Crippen LogP contribution in [0.15, 0.2) is 42.7 Å². The van der Waals surface area contributed by atoms with Gasteiger partial charge in [-0.05, 0) is 56.9 Å². The normalized spacial score (nSPS) is 15.3. The van der Waals surface area contributed by atoms with Gasteiger partial charge in [0, 0.05) is 31.4 Å². The van der Waals surface area contributed by atoms with Gasteiger partial charge in [-0.25, -0.2) is 0 Å². The van der Waals surface area contributed by atoms with E-state index in [1.807, 2.05) is 38.2 Å². The fourth-order valence-corrected chi connectivity index (χ4v) is 3.38. The van der Waals surface area contributed by atoms with E-state index in [4.69, 9.17) is 0 Å². The van der Waals surface area contributed by atoms with Crippen molar-refractivity contribution >= 4 is 11.6 Å². The number of nitrogens with zero attached hydrogens (tertiary/aromatic N) is 2. The van der Waals surface area contributed by atoms with Crippen molar-refractivity contribution < 1.29 is 4.79 Å². The maximum absolute atomic E-state index is 12.3. The lowest BCUT2D eigenvalue weighted by Gasteiger charge is -2.33. The third-order valence-electron chi connectivity index (χ3n) is 4.66. The highest BCUT2D eigenvalue weighted by atomic mass is 16.1. The first-order valence-corrected chi connectivity index (χ1v) is 8.63. The SMILES string of the molecule is Cc1cc(C)cc(C(=O)NCC2CCN(c3cccnc3)CC2)c1. The third kappa shape index (κ3) is 4.13. The summed E-state index contributed by atoms with van der Waals surface area (Å²) in [6.45, 7) is 6.86. The molecule has 24 heavy (non-hydrogen) atoms. The van der Waals surface area contributed by atoms with E-state index in [0.29, 0.717) is 5.92 Å². The Hall–Kier alpha value is -2.36. The number of carbonyl (C=O) groups is 1. The third-order valence-corrected chi connectivity index (χ3v) is 4.66. The van der Waals surface area contributed by atoms with Gasteiger partial charge in [0.2, 0.25) is 0 Å². The van der Waals surface area contributed by atoms with Crippen LogP contribution in [0.3, 0.4) is 0 Å². The Morgan fingerprint density at radius 2 is 1.92 bits per heavy atom. The molecule has 1 aliphatic heterocycles. The highest BCUT2D eigenvalue weighted by Gasteiger charge is 2.20. The Morgan fingerprint density at radius 1 is 1.21 bits per heavy atom. The molecular formula is C20H25N3O. The first kappa shape index (κ1) is 16.5. The second kappa shape index (κ2) is 7.47. The molecule has 1 aromatic carbocycles. The van der Waals surface area contributed by atoms with Crippen LogP contribution in [0.1, 0.15) is 34.3 Å². The molecule has 4 nitrogen and oxygen atoms in total. The largest absolute Gasteiger partial charge is 0.370 e. The Labute approximate surface area is 143 Å². The van der Waals surface area contributed by atoms with Gasteiger partial charge < -0.3 is 10.2 Å². The summed E-state index contributed by atoms with van der Waals surface area (Å²) in [5, 5.41) is 3.11. The minimum atomic E-state index is 0.0384. The predicted molar refractivity (Wildman–Crippen MR) is 97.4 cm³/mol. The number of anilines is 1. The Bertz CT molecular complexity index is 671. The fourth-order valence-electron chi connectivity index (χ4n) is 3.38. The molecule has 0 spiro atoms. The molecule has 126 valence electrons. The van der Waals surface area contributed by atoms with Crippen LogP contribution in [0.4, 0.5) is 5.69 Å². The molecule has 3 rings (SSSR count). The fraction of sp³-hybridized carbons (Fsp3) is 0.400. The Kier molecular flexibility index (Phi) is 5.14. The number of hydrogen-bond donors (Lipinski definition) is 1. The van der Waals surface area contributed by atoms with Gasteiger partial charge in [0.05, 0.1) is 11.9 Å². The number of amides is 1. The summed E-state index contributed by atoms with van der Waals surface area (Å²) in [6, 6.07) is 10.1. The van der Waals surface area contributed by atoms with Crippen LogP contribution in [0.25, 0.3) is 0 Å². The van der Waals surface area contributed by atoms with Gasteiger partial charge in [-0.1, -0.05) is 17.2 Å². The number of carbonyl (C=O) groups excluding carboxylic acids is 1. The Balaban J connectivity index is 1.49. The lowest BCUT2D eigenvalue weighted by Crippen LogP contribution is -2.38. The molecule has 0 radical (unpaired) electrons. The zero-order valence-corrected chi connectivity index (χ0v) is 14.5. The molecule has 0 aliphatic carbocycles. The van der Waals surface area contributed by atoms with E-state index in [2.05, 4.69) is 27.3 Å². The van der Waals surface area contributed by atoms with Gasteiger partial charge in [-0.3, -0.25) is 9.78 Å². The summed E-state index contributed by atoms with van der Waals surface area (Å²) < 4.78 is 0. The van der Waals surface area contributed by atoms with Crippen LogP contribution in [0.2, 0.25) is 0 Å². The van der Waals surface area contributed by atoms with Crippen molar-refractivity contribution in [2.75, 3.05) is 24.5 Å². The minimum Gasteiger partial charge on any atom is -0.370 e. The summed E-state index contributed by atoms with van der Waals surface area (Å²) in [5.74, 6) is 0.587. The zero-order valence-electron chi connectivity index (χ0n) is 14.5. The molecule has 4 heteroatoms. The van der Waals surface area contributed by atoms with Crippen LogP contribution in [-0.4, -0.2) is 30.5 Å². The minimum absolute atomic E-state index is 0.0384. The second-order valence-electron chi connectivity index (χ2n) is 6.73. The predicted octanol–water partition coefficient (Wildman–Crippen LogP) is 3.34. The molecule has 0 atom stereocenters. The van der Waals surface area contributed by atoms with Crippen molar-refractivity contribution in [2.45, 2.75) is 26.7 Å². The number of nitrogens with one attached hydrogen (secondary N) is 1. The smallest absolute Gasteiger partial charge is 0.251 e. The highest BCUT2D eigenvalue weighted by Crippen LogP contribution is 2.22. The maximum atomic E-state index is 12.3. The van der Waals surface area contributed by atoms with Crippen molar-refractivity contribution in [1.82, 2.24) is 10.3 Å². The molecule has 1 saturated heterocycles. The summed E-state index contributed by atoms with van der Waals surface area (Å²) in [5.41, 5.74) is 4.21. The average molecular weight is 323 g/mol. The van der Waals surface area contributed by atoms with Gasteiger partial charge in [0.1, 0.15) is 0 Å². The molecule has 1 aromatic heterocycles. The number of aryl methyl sites for hydroxylation is 2. The molecule has 0 bridgehead atoms. The van der Waals surface area contributed by atoms with Crippen molar-refractivity contribution in [3.63, 3.8) is 0 Å². The summed E-state index contributed by atoms with van der Waals surface area (Å²) >= 11 is 0. The van der Waals surface area contributed by atoms with E-state index >= 15 is 0 Å². The van der Waals surface area contributed by atoms with Crippen LogP contribution in [-0.2, 0) is 0 Å². The number of benzene rings is 1. The zero-order chi connectivity index (χ0) is 16.9. The van der Waals surface area contributed by atoms with Gasteiger partial charge in [-0.15, -0.1) is 0 Å². The maximum Gasteiger partial charge on any atom is 0.251 e. The first-order chi connectivity index (χ1) is 11.6. The van der Waals surface area contributed by atoms with E-state index in [1.165, 1.54) is 5.69 Å². The molecular weight excluding hydrogens is 298 g/mol. The number of hydrogen-bond acceptors (Lipinski definition) is 3. The molecule has 1 fully saturated rings. The number of pyridine rings is 1. The van der Waals surface area contributed by atoms with Crippen LogP contribution < -0.4 is 10.2 Å². The highest BCUT2D eigenvalue weighted by molar-refractivity contribution is 5.94. The number of rotatable bonds is 4. The molecule has 2 heterocycles. The summed E-state index contributed by atoms with van der Waals surface area (Å²) in [4.78, 5) is 18.9. The second-order valence-corrected chi connectivity index (χ2v) is 6.73. The van der Waals surface area contributed by atoms with Crippen LogP contribution >= 0.6 is 0 Å². The van der Waals surface area contributed by atoms with Crippen LogP contribution in [0.5, 0.6) is 0 Å². The van der Waals surface area contributed by atoms with Gasteiger partial charge >= 0.3 is 0 Å². The molecule has 0 unspecified atom stereocenters. The van der Waals surface area contributed by atoms with E-state index in [0.717, 1.165) is 49.2 Å². The standard InChI is InChI=1S/C20H25N3O/c1-15-10-16(2)12-18(11-15)20(24)22-13-17-5-8-23(9-6-17)19-4-3-7-21-14-19/h3-4,7,10-12,14,17H,5-6,8-9,13H2,1-2H3,(H,22,24). The van der Waals surface area contributed by atoms with E-state index in [1.54, 1.807) is 6.20 Å². The monoisotopic (exact) mass is 323 g/mol. The number of aromatic nitrogens is 1. The van der Waals surface area contributed by atoms with Gasteiger partial charge in [0.15, 0.2) is 0 Å². The quantitative estimate of drug-likeness (QED) is 0.938. The van der Waals surface area contributed by atoms with Gasteiger partial charge in [0.25, 0.3) is 5.91 Å². The molecule has 1 aliphatic rings. The molecule has 1 amide bonds. The molecule has 1 N–H and O–H groups in total. The van der Waals surface area contributed by atoms with Crippen molar-refractivity contribution in [3.05, 3.63) is 59.4 Å². The van der Waals surface area contributed by atoms with Gasteiger partial charge in [-0.2, -0.15) is 0 Å². The first-order valence-electron chi connectivity index (χ1n) is 8.63. The average Bonchev–Trinajstić information content (AvgIpc) is 2.60. The molecule has 2 aromatic rings. The van der Waals surface area contributed by atoms with Crippen molar-refractivity contribution in [1.29, 1.82) is 0 Å². The van der Waals surface area contributed by atoms with Crippen molar-refractivity contribution in [2.24, 2.45) is 5.92 Å². The lowest BCUT2D eigenvalue weighted by molar-refractivity contribution is 0.0944. The summed E-state index contributed by atoms with van der Waals surface area (Å²) in [7, 11) is 0. The Morgan fingerprint density at radius 3 is 2.54 bits per heavy atom. The van der Waals surface area contributed by atoms with Crippen molar-refractivity contribution in [3.8, 4) is 0 Å². The summed E-state index contributed by atoms with van der Waals surface area (Å²) in [6.07, 6.45) is 5.92. The van der Waals surface area contributed by atoms with Crippen LogP contribution in [0, 0.1) is 19.8 Å². The van der Waals surface area contributed by atoms with E-state index in [-0.39, 0.29) is 5.91 Å². The van der Waals surface area contributed by atoms with E-state index < -0.39 is 0 Å². The van der Waals surface area contributed by atoms with E-state index in [9.17, 15) is 4.79 Å². The lowest BCUT2D eigenvalue weighted by atomic mass is 9.96. The topological polar surface area (TPSA) is 45.2 Å². The molecule has 0 saturated carbocycles.